The van der Waals surface area contributed by atoms with Crippen LogP contribution < -0.4 is 10.2 Å². The Morgan fingerprint density at radius 1 is 1.37 bits per heavy atom. The summed E-state index contributed by atoms with van der Waals surface area (Å²) in [5.41, 5.74) is 1.43. The van der Waals surface area contributed by atoms with Gasteiger partial charge in [0.25, 0.3) is 0 Å². The van der Waals surface area contributed by atoms with E-state index < -0.39 is 0 Å². The van der Waals surface area contributed by atoms with Crippen LogP contribution in [0.25, 0.3) is 0 Å². The highest BCUT2D eigenvalue weighted by Gasteiger charge is 2.32. The number of benzene rings is 1. The number of likely N-dealkylation sites (N-methyl/N-ethyl adjacent to an activating group) is 1. The third kappa shape index (κ3) is 3.94. The molecule has 0 radical (unpaired) electrons. The number of nitrogens with zero attached hydrogens (tertiary/aromatic N) is 2. The van der Waals surface area contributed by atoms with Crippen molar-refractivity contribution in [3.8, 4) is 0 Å². The molecule has 0 spiro atoms. The molecule has 1 aromatic carbocycles. The maximum atomic E-state index is 3.74. The van der Waals surface area contributed by atoms with Crippen molar-refractivity contribution in [2.45, 2.75) is 25.4 Å². The molecule has 1 atom stereocenters. The van der Waals surface area contributed by atoms with Crippen LogP contribution in [0.4, 0.5) is 5.69 Å². The first kappa shape index (κ1) is 14.8. The molecule has 1 heterocycles. The second kappa shape index (κ2) is 5.81. The van der Waals surface area contributed by atoms with Crippen LogP contribution in [0, 0.1) is 0 Å². The Bertz CT molecular complexity index is 431. The Hall–Kier alpha value is -0.580. The van der Waals surface area contributed by atoms with Crippen molar-refractivity contribution < 1.29 is 0 Å². The molecule has 0 aromatic heterocycles. The first-order valence-corrected chi connectivity index (χ1v) is 7.58. The van der Waals surface area contributed by atoms with Gasteiger partial charge >= 0.3 is 0 Å². The van der Waals surface area contributed by atoms with Crippen LogP contribution in [0.15, 0.2) is 28.7 Å². The number of hydrogen-bond donors (Lipinski definition) is 1. The molecule has 1 aliphatic rings. The molecule has 19 heavy (non-hydrogen) atoms. The van der Waals surface area contributed by atoms with Gasteiger partial charge in [0.15, 0.2) is 0 Å². The van der Waals surface area contributed by atoms with Gasteiger partial charge in [0.2, 0.25) is 0 Å². The number of halogens is 1. The Kier molecular flexibility index (Phi) is 4.54. The molecule has 106 valence electrons. The van der Waals surface area contributed by atoms with E-state index in [0.717, 1.165) is 19.6 Å². The molecule has 2 rings (SSSR count). The molecular weight excluding hydrogens is 302 g/mol. The topological polar surface area (TPSA) is 18.5 Å². The van der Waals surface area contributed by atoms with Crippen LogP contribution in [-0.2, 0) is 0 Å². The molecule has 1 N–H and O–H groups in total. The number of hydrogen-bond acceptors (Lipinski definition) is 3. The van der Waals surface area contributed by atoms with E-state index in [4.69, 9.17) is 0 Å². The lowest BCUT2D eigenvalue weighted by molar-refractivity contribution is 0.244. The molecule has 1 saturated heterocycles. The van der Waals surface area contributed by atoms with Gasteiger partial charge in [-0.1, -0.05) is 12.1 Å². The van der Waals surface area contributed by atoms with Crippen molar-refractivity contribution in [1.82, 2.24) is 10.2 Å². The largest absolute Gasteiger partial charge is 0.367 e. The molecule has 0 aliphatic carbocycles. The number of nitrogens with one attached hydrogen (secondary N) is 1. The standard InChI is InChI=1S/C15H24BrN3/c1-15(2)11-19(10-12(17-15)9-18(3)4)14-8-6-5-7-13(14)16/h5-8,12,17H,9-11H2,1-4H3. The van der Waals surface area contributed by atoms with Gasteiger partial charge in [0, 0.05) is 35.7 Å². The summed E-state index contributed by atoms with van der Waals surface area (Å²) in [5.74, 6) is 0. The Morgan fingerprint density at radius 2 is 2.05 bits per heavy atom. The maximum Gasteiger partial charge on any atom is 0.0511 e. The predicted octanol–water partition coefficient (Wildman–Crippen LogP) is 2.57. The highest BCUT2D eigenvalue weighted by molar-refractivity contribution is 9.10. The van der Waals surface area contributed by atoms with Crippen LogP contribution in [0.2, 0.25) is 0 Å². The van der Waals surface area contributed by atoms with E-state index in [0.29, 0.717) is 6.04 Å². The minimum Gasteiger partial charge on any atom is -0.367 e. The SMILES string of the molecule is CN(C)CC1CN(c2ccccc2Br)CC(C)(C)N1. The second-order valence-corrected chi connectivity index (χ2v) is 7.17. The molecule has 1 unspecified atom stereocenters. The van der Waals surface area contributed by atoms with Gasteiger partial charge in [-0.25, -0.2) is 0 Å². The van der Waals surface area contributed by atoms with Crippen molar-refractivity contribution in [3.05, 3.63) is 28.7 Å². The van der Waals surface area contributed by atoms with Gasteiger partial charge in [-0.05, 0) is 56.0 Å². The van der Waals surface area contributed by atoms with Crippen LogP contribution in [0.1, 0.15) is 13.8 Å². The third-order valence-electron chi connectivity index (χ3n) is 3.40. The summed E-state index contributed by atoms with van der Waals surface area (Å²) in [7, 11) is 4.26. The summed E-state index contributed by atoms with van der Waals surface area (Å²) in [6.07, 6.45) is 0. The van der Waals surface area contributed by atoms with Crippen molar-refractivity contribution in [2.75, 3.05) is 38.6 Å². The summed E-state index contributed by atoms with van der Waals surface area (Å²) >= 11 is 3.67. The van der Waals surface area contributed by atoms with Crippen LogP contribution in [-0.4, -0.2) is 50.2 Å². The van der Waals surface area contributed by atoms with Gasteiger partial charge < -0.3 is 15.1 Å². The van der Waals surface area contributed by atoms with Gasteiger partial charge in [0.1, 0.15) is 0 Å². The first-order valence-electron chi connectivity index (χ1n) is 6.79. The lowest BCUT2D eigenvalue weighted by atomic mass is 9.97. The molecule has 3 nitrogen and oxygen atoms in total. The minimum absolute atomic E-state index is 0.133. The fraction of sp³-hybridized carbons (Fsp3) is 0.600. The molecule has 0 bridgehead atoms. The summed E-state index contributed by atoms with van der Waals surface area (Å²) in [6.45, 7) is 7.69. The van der Waals surface area contributed by atoms with Gasteiger partial charge in [0.05, 0.1) is 5.69 Å². The minimum atomic E-state index is 0.133. The van der Waals surface area contributed by atoms with E-state index in [1.165, 1.54) is 10.2 Å². The number of rotatable bonds is 3. The number of para-hydroxylation sites is 1. The van der Waals surface area contributed by atoms with E-state index in [1.807, 2.05) is 0 Å². The smallest absolute Gasteiger partial charge is 0.0511 e. The predicted molar refractivity (Wildman–Crippen MR) is 85.9 cm³/mol. The van der Waals surface area contributed by atoms with E-state index in [2.05, 4.69) is 83.3 Å². The van der Waals surface area contributed by atoms with Gasteiger partial charge in [-0.2, -0.15) is 0 Å². The van der Waals surface area contributed by atoms with E-state index >= 15 is 0 Å². The average Bonchev–Trinajstić information content (AvgIpc) is 2.26. The van der Waals surface area contributed by atoms with Crippen molar-refractivity contribution in [3.63, 3.8) is 0 Å². The van der Waals surface area contributed by atoms with E-state index in [1.54, 1.807) is 0 Å². The number of piperazine rings is 1. The first-order chi connectivity index (χ1) is 8.87. The lowest BCUT2D eigenvalue weighted by Gasteiger charge is -2.45. The Morgan fingerprint density at radius 3 is 2.68 bits per heavy atom. The van der Waals surface area contributed by atoms with Gasteiger partial charge in [-0.3, -0.25) is 0 Å². The highest BCUT2D eigenvalue weighted by atomic mass is 79.9. The van der Waals surface area contributed by atoms with E-state index in [9.17, 15) is 0 Å². The zero-order valence-corrected chi connectivity index (χ0v) is 13.9. The summed E-state index contributed by atoms with van der Waals surface area (Å²) in [4.78, 5) is 4.73. The molecule has 1 fully saturated rings. The Balaban J connectivity index is 2.19. The monoisotopic (exact) mass is 325 g/mol. The molecule has 1 aromatic rings. The molecule has 0 saturated carbocycles. The fourth-order valence-electron chi connectivity index (χ4n) is 2.89. The van der Waals surface area contributed by atoms with Crippen molar-refractivity contribution in [2.24, 2.45) is 0 Å². The summed E-state index contributed by atoms with van der Waals surface area (Å²) in [5, 5.41) is 3.74. The van der Waals surface area contributed by atoms with Crippen molar-refractivity contribution in [1.29, 1.82) is 0 Å². The average molecular weight is 326 g/mol. The Labute approximate surface area is 125 Å². The van der Waals surface area contributed by atoms with Crippen LogP contribution in [0.3, 0.4) is 0 Å². The molecule has 0 amide bonds. The van der Waals surface area contributed by atoms with Crippen LogP contribution >= 0.6 is 15.9 Å². The summed E-state index contributed by atoms with van der Waals surface area (Å²) in [6, 6.07) is 8.98. The van der Waals surface area contributed by atoms with Crippen molar-refractivity contribution >= 4 is 21.6 Å². The fourth-order valence-corrected chi connectivity index (χ4v) is 3.42. The van der Waals surface area contributed by atoms with Gasteiger partial charge in [-0.15, -0.1) is 0 Å². The van der Waals surface area contributed by atoms with Crippen LogP contribution in [0.5, 0.6) is 0 Å². The molecule has 1 aliphatic heterocycles. The summed E-state index contributed by atoms with van der Waals surface area (Å²) < 4.78 is 1.18. The third-order valence-corrected chi connectivity index (χ3v) is 4.07. The van der Waals surface area contributed by atoms with E-state index in [-0.39, 0.29) is 5.54 Å². The number of anilines is 1. The second-order valence-electron chi connectivity index (χ2n) is 6.32. The quantitative estimate of drug-likeness (QED) is 0.921. The maximum absolute atomic E-state index is 3.74. The molecule has 4 heteroatoms. The zero-order valence-electron chi connectivity index (χ0n) is 12.3. The zero-order chi connectivity index (χ0) is 14.0. The normalized spacial score (nSPS) is 22.8. The highest BCUT2D eigenvalue weighted by Crippen LogP contribution is 2.29. The molecular formula is C15H24BrN3. The lowest BCUT2D eigenvalue weighted by Crippen LogP contribution is -2.64.